The van der Waals surface area contributed by atoms with Gasteiger partial charge in [0.05, 0.1) is 11.4 Å². The summed E-state index contributed by atoms with van der Waals surface area (Å²) in [4.78, 5) is 16.8. The molecule has 0 atom stereocenters. The first kappa shape index (κ1) is 17.8. The van der Waals surface area contributed by atoms with Crippen LogP contribution in [0.25, 0.3) is 39.0 Å². The summed E-state index contributed by atoms with van der Waals surface area (Å²) in [5, 5.41) is 15.5. The molecule has 5 heteroatoms. The van der Waals surface area contributed by atoms with Gasteiger partial charge in [-0.25, -0.2) is 14.5 Å². The Labute approximate surface area is 172 Å². The zero-order valence-corrected chi connectivity index (χ0v) is 15.9. The molecule has 5 nitrogen and oxygen atoms in total. The SMILES string of the molecule is O=C(O)c1nc(-c2ccccc2)c2nn(-c3ccccc3)cc2c1-c1ccccc1. The smallest absolute Gasteiger partial charge is 0.355 e. The van der Waals surface area contributed by atoms with Crippen molar-refractivity contribution >= 4 is 16.9 Å². The molecule has 30 heavy (non-hydrogen) atoms. The van der Waals surface area contributed by atoms with E-state index < -0.39 is 5.97 Å². The molecule has 1 N–H and O–H groups in total. The molecule has 0 saturated carbocycles. The highest BCUT2D eigenvalue weighted by Crippen LogP contribution is 2.36. The van der Waals surface area contributed by atoms with Crippen LogP contribution in [0.4, 0.5) is 0 Å². The molecule has 0 fully saturated rings. The van der Waals surface area contributed by atoms with Crippen LogP contribution in [0.3, 0.4) is 0 Å². The normalized spacial score (nSPS) is 10.9. The first-order valence-corrected chi connectivity index (χ1v) is 9.55. The van der Waals surface area contributed by atoms with Gasteiger partial charge >= 0.3 is 5.97 Å². The van der Waals surface area contributed by atoms with Crippen molar-refractivity contribution in [3.63, 3.8) is 0 Å². The van der Waals surface area contributed by atoms with E-state index in [4.69, 9.17) is 5.10 Å². The van der Waals surface area contributed by atoms with E-state index in [-0.39, 0.29) is 5.69 Å². The summed E-state index contributed by atoms with van der Waals surface area (Å²) in [6.45, 7) is 0. The average Bonchev–Trinajstić information content (AvgIpc) is 3.25. The van der Waals surface area contributed by atoms with Gasteiger partial charge in [-0.15, -0.1) is 0 Å². The number of carbonyl (C=O) groups is 1. The van der Waals surface area contributed by atoms with Gasteiger partial charge in [0, 0.05) is 22.7 Å². The standard InChI is InChI=1S/C25H17N3O2/c29-25(30)24-21(17-10-4-1-5-11-17)20-16-28(19-14-8-3-9-15-19)27-23(20)22(26-24)18-12-6-2-7-13-18/h1-16H,(H,29,30). The van der Waals surface area contributed by atoms with Crippen LogP contribution in [0.5, 0.6) is 0 Å². The number of aromatic nitrogens is 3. The number of hydrogen-bond donors (Lipinski definition) is 1. The minimum absolute atomic E-state index is 0.0140. The molecule has 2 heterocycles. The molecule has 5 aromatic rings. The number of benzene rings is 3. The molecule has 0 bridgehead atoms. The van der Waals surface area contributed by atoms with Gasteiger partial charge < -0.3 is 5.11 Å². The Morgan fingerprint density at radius 1 is 0.767 bits per heavy atom. The van der Waals surface area contributed by atoms with Crippen LogP contribution >= 0.6 is 0 Å². The second-order valence-electron chi connectivity index (χ2n) is 6.89. The fourth-order valence-electron chi connectivity index (χ4n) is 3.64. The molecule has 0 spiro atoms. The van der Waals surface area contributed by atoms with E-state index in [1.165, 1.54) is 0 Å². The number of carboxylic acids is 1. The Hall–Kier alpha value is -4.25. The molecule has 3 aromatic carbocycles. The van der Waals surface area contributed by atoms with Crippen LogP contribution in [0.15, 0.2) is 97.2 Å². The molecule has 2 aromatic heterocycles. The fourth-order valence-corrected chi connectivity index (χ4v) is 3.64. The lowest BCUT2D eigenvalue weighted by molar-refractivity contribution is 0.0691. The predicted molar refractivity (Wildman–Crippen MR) is 117 cm³/mol. The Balaban J connectivity index is 1.90. The highest BCUT2D eigenvalue weighted by atomic mass is 16.4. The van der Waals surface area contributed by atoms with E-state index in [9.17, 15) is 9.90 Å². The van der Waals surface area contributed by atoms with Gasteiger partial charge in [0.15, 0.2) is 5.69 Å². The van der Waals surface area contributed by atoms with E-state index >= 15 is 0 Å². The third-order valence-corrected chi connectivity index (χ3v) is 5.00. The van der Waals surface area contributed by atoms with Crippen LogP contribution in [0.2, 0.25) is 0 Å². The number of carboxylic acid groups (broad SMARTS) is 1. The quantitative estimate of drug-likeness (QED) is 0.442. The van der Waals surface area contributed by atoms with E-state index in [0.717, 1.165) is 22.2 Å². The Morgan fingerprint density at radius 2 is 1.33 bits per heavy atom. The van der Waals surface area contributed by atoms with Crippen molar-refractivity contribution < 1.29 is 9.90 Å². The summed E-state index contributed by atoms with van der Waals surface area (Å²) in [5.74, 6) is -1.07. The van der Waals surface area contributed by atoms with Crippen LogP contribution < -0.4 is 0 Å². The van der Waals surface area contributed by atoms with Gasteiger partial charge in [-0.3, -0.25) is 0 Å². The minimum atomic E-state index is -1.07. The first-order valence-electron chi connectivity index (χ1n) is 9.55. The topological polar surface area (TPSA) is 68.0 Å². The van der Waals surface area contributed by atoms with Crippen molar-refractivity contribution in [2.45, 2.75) is 0 Å². The van der Waals surface area contributed by atoms with Crippen LogP contribution in [0, 0.1) is 0 Å². The molecular formula is C25H17N3O2. The van der Waals surface area contributed by atoms with Crippen molar-refractivity contribution in [1.29, 1.82) is 0 Å². The highest BCUT2D eigenvalue weighted by Gasteiger charge is 2.23. The van der Waals surface area contributed by atoms with Crippen molar-refractivity contribution in [3.05, 3.63) is 103 Å². The Kier molecular flexibility index (Phi) is 4.33. The minimum Gasteiger partial charge on any atom is -0.476 e. The second-order valence-corrected chi connectivity index (χ2v) is 6.89. The Morgan fingerprint density at radius 3 is 1.93 bits per heavy atom. The molecule has 0 radical (unpaired) electrons. The van der Waals surface area contributed by atoms with E-state index in [1.54, 1.807) is 4.68 Å². The van der Waals surface area contributed by atoms with Gasteiger partial charge in [-0.05, 0) is 17.7 Å². The summed E-state index contributed by atoms with van der Waals surface area (Å²) in [7, 11) is 0. The number of hydrogen-bond acceptors (Lipinski definition) is 3. The van der Waals surface area contributed by atoms with Crippen molar-refractivity contribution in [1.82, 2.24) is 14.8 Å². The van der Waals surface area contributed by atoms with Crippen molar-refractivity contribution in [2.24, 2.45) is 0 Å². The average molecular weight is 391 g/mol. The largest absolute Gasteiger partial charge is 0.476 e. The highest BCUT2D eigenvalue weighted by molar-refractivity contribution is 6.09. The second kappa shape index (κ2) is 7.29. The van der Waals surface area contributed by atoms with Gasteiger partial charge in [-0.2, -0.15) is 5.10 Å². The number of para-hydroxylation sites is 1. The lowest BCUT2D eigenvalue weighted by Gasteiger charge is -2.10. The van der Waals surface area contributed by atoms with E-state index in [1.807, 2.05) is 97.2 Å². The fraction of sp³-hybridized carbons (Fsp3) is 0. The molecule has 0 unspecified atom stereocenters. The van der Waals surface area contributed by atoms with Gasteiger partial charge in [-0.1, -0.05) is 78.9 Å². The van der Waals surface area contributed by atoms with Crippen LogP contribution in [-0.2, 0) is 0 Å². The molecule has 0 amide bonds. The molecule has 144 valence electrons. The summed E-state index contributed by atoms with van der Waals surface area (Å²) in [6, 6.07) is 28.8. The van der Waals surface area contributed by atoms with Gasteiger partial charge in [0.2, 0.25) is 0 Å². The molecule has 0 aliphatic heterocycles. The lowest BCUT2D eigenvalue weighted by atomic mass is 9.97. The molecule has 0 aliphatic rings. The van der Waals surface area contributed by atoms with Gasteiger partial charge in [0.25, 0.3) is 0 Å². The summed E-state index contributed by atoms with van der Waals surface area (Å²) < 4.78 is 1.77. The van der Waals surface area contributed by atoms with Crippen molar-refractivity contribution in [2.75, 3.05) is 0 Å². The number of aromatic carboxylic acids is 1. The third-order valence-electron chi connectivity index (χ3n) is 5.00. The number of nitrogens with zero attached hydrogens (tertiary/aromatic N) is 3. The maximum Gasteiger partial charge on any atom is 0.355 e. The van der Waals surface area contributed by atoms with Crippen LogP contribution in [-0.4, -0.2) is 25.8 Å². The number of fused-ring (bicyclic) bond motifs is 1. The molecular weight excluding hydrogens is 374 g/mol. The maximum absolute atomic E-state index is 12.2. The van der Waals surface area contributed by atoms with Gasteiger partial charge in [0.1, 0.15) is 5.52 Å². The molecule has 0 saturated heterocycles. The number of pyridine rings is 1. The zero-order chi connectivity index (χ0) is 20.5. The van der Waals surface area contributed by atoms with E-state index in [2.05, 4.69) is 4.98 Å². The summed E-state index contributed by atoms with van der Waals surface area (Å²) >= 11 is 0. The molecule has 0 aliphatic carbocycles. The maximum atomic E-state index is 12.2. The first-order chi connectivity index (χ1) is 14.7. The zero-order valence-electron chi connectivity index (χ0n) is 15.9. The number of rotatable bonds is 4. The summed E-state index contributed by atoms with van der Waals surface area (Å²) in [6.07, 6.45) is 1.88. The summed E-state index contributed by atoms with van der Waals surface area (Å²) in [5.41, 5.74) is 4.30. The van der Waals surface area contributed by atoms with Crippen LogP contribution in [0.1, 0.15) is 10.5 Å². The predicted octanol–water partition coefficient (Wildman–Crippen LogP) is 5.45. The monoisotopic (exact) mass is 391 g/mol. The van der Waals surface area contributed by atoms with E-state index in [0.29, 0.717) is 16.8 Å². The lowest BCUT2D eigenvalue weighted by Crippen LogP contribution is -2.05. The molecule has 5 rings (SSSR count). The third kappa shape index (κ3) is 3.02. The Bertz CT molecular complexity index is 1350. The van der Waals surface area contributed by atoms with Crippen molar-refractivity contribution in [3.8, 4) is 28.1 Å².